The number of guanidine groups is 3. The van der Waals surface area contributed by atoms with Gasteiger partial charge >= 0.3 is 17.9 Å². The standard InChI is InChI=1S/C65H94N20O9/c66-32-14-13-27-47(57(89)82-50(38-42-21-7-2-8-22-42)59(91)81-49(30-17-35-77-65(73)74)56(88)78-46(54(68)86)28-15-33-75-63(69)70)80-60(92)51(39-43-23-9-3-10-24-43)83-61(93)53-31-18-36-85(53)62(94)52(40-44-25-11-4-12-26-44)84-58(90)48(29-16-34-76-64(71)72)79-55(87)45(67)37-41-19-5-1-6-20-41/h1-12,19-26,45-53H,13-18,27-40,66-67H2,(H2,68,86)(H,78,88)(H,79,87)(H,80,92)(H,81,91)(H,82,89)(H,83,93)(H,84,90)(H4,69,70,75)(H4,71,72,76)(H4,73,74,77)/p+5/t45-,46-,47-,48-,49-,50-,51-,52-,53-/m0/s1. The topological polar surface area (TPSA) is 520 Å². The van der Waals surface area contributed by atoms with Crippen molar-refractivity contribution < 1.29 is 69.6 Å². The number of primary amides is 1. The molecule has 1 fully saturated rings. The third-order valence-electron chi connectivity index (χ3n) is 15.8. The Morgan fingerprint density at radius 3 is 1.15 bits per heavy atom. The van der Waals surface area contributed by atoms with Crippen molar-refractivity contribution in [2.75, 3.05) is 32.7 Å². The van der Waals surface area contributed by atoms with Crippen LogP contribution >= 0.6 is 0 Å². The highest BCUT2D eigenvalue weighted by Crippen LogP contribution is 2.21. The minimum absolute atomic E-state index is 0.0176. The number of nitrogens with zero attached hydrogens (tertiary/aromatic N) is 1. The predicted molar refractivity (Wildman–Crippen MR) is 352 cm³/mol. The molecular formula is C65H99N20O9+5. The second-order valence-corrected chi connectivity index (χ2v) is 23.4. The molecule has 0 spiro atoms. The van der Waals surface area contributed by atoms with Crippen molar-refractivity contribution >= 4 is 71.0 Å². The minimum Gasteiger partial charge on any atom is -0.368 e. The maximum atomic E-state index is 15.1. The Morgan fingerprint density at radius 1 is 0.415 bits per heavy atom. The highest BCUT2D eigenvalue weighted by atomic mass is 16.2. The molecule has 5 rings (SSSR count). The second-order valence-electron chi connectivity index (χ2n) is 23.4. The lowest BCUT2D eigenvalue weighted by molar-refractivity contribution is -0.460. The molecule has 4 aromatic carbocycles. The first-order chi connectivity index (χ1) is 45.1. The lowest BCUT2D eigenvalue weighted by atomic mass is 10.0. The average Bonchev–Trinajstić information content (AvgIpc) is 1.70. The zero-order valence-corrected chi connectivity index (χ0v) is 53.5. The predicted octanol–water partition coefficient (Wildman–Crippen LogP) is -9.75. The Balaban J connectivity index is 1.41. The zero-order valence-electron chi connectivity index (χ0n) is 53.5. The van der Waals surface area contributed by atoms with Gasteiger partial charge in [0.25, 0.3) is 5.91 Å². The van der Waals surface area contributed by atoms with Crippen LogP contribution in [0.25, 0.3) is 0 Å². The Kier molecular flexibility index (Phi) is 31.7. The highest BCUT2D eigenvalue weighted by Gasteiger charge is 2.41. The summed E-state index contributed by atoms with van der Waals surface area (Å²) >= 11 is 0. The van der Waals surface area contributed by atoms with E-state index in [4.69, 9.17) is 40.1 Å². The molecule has 0 saturated carbocycles. The Bertz CT molecular complexity index is 3170. The van der Waals surface area contributed by atoms with E-state index in [1.807, 2.05) is 36.4 Å². The minimum atomic E-state index is -1.34. The number of rotatable bonds is 40. The lowest BCUT2D eigenvalue weighted by Crippen LogP contribution is -2.78. The second kappa shape index (κ2) is 40.0. The number of likely N-dealkylation sites (tertiary alicyclic amines) is 1. The Morgan fingerprint density at radius 2 is 0.745 bits per heavy atom. The monoisotopic (exact) mass is 1300 g/mol. The molecule has 0 aliphatic carbocycles. The van der Waals surface area contributed by atoms with Gasteiger partial charge in [0.2, 0.25) is 47.3 Å². The highest BCUT2D eigenvalue weighted by molar-refractivity contribution is 5.98. The third kappa shape index (κ3) is 26.6. The van der Waals surface area contributed by atoms with Gasteiger partial charge in [0, 0.05) is 32.2 Å². The van der Waals surface area contributed by atoms with Crippen molar-refractivity contribution in [2.24, 2.45) is 40.1 Å². The number of hydrogen-bond donors (Lipinski definition) is 19. The molecule has 1 saturated heterocycles. The van der Waals surface area contributed by atoms with E-state index < -0.39 is 108 Å². The van der Waals surface area contributed by atoms with Gasteiger partial charge < -0.3 is 59.3 Å². The van der Waals surface area contributed by atoms with Crippen LogP contribution in [0, 0.1) is 0 Å². The van der Waals surface area contributed by atoms with Crippen LogP contribution in [0.4, 0.5) is 0 Å². The largest absolute Gasteiger partial charge is 0.368 e. The first-order valence-corrected chi connectivity index (χ1v) is 32.0. The molecule has 9 amide bonds. The van der Waals surface area contributed by atoms with Gasteiger partial charge in [0.1, 0.15) is 48.3 Å². The number of quaternary nitrogens is 2. The van der Waals surface area contributed by atoms with Crippen LogP contribution in [-0.2, 0) is 68.8 Å². The summed E-state index contributed by atoms with van der Waals surface area (Å²) in [5.41, 5.74) is 50.1. The summed E-state index contributed by atoms with van der Waals surface area (Å²) in [6, 6.07) is 25.5. The van der Waals surface area contributed by atoms with Crippen LogP contribution < -0.4 is 104 Å². The summed E-state index contributed by atoms with van der Waals surface area (Å²) < 4.78 is 0. The molecule has 30 N–H and O–H groups in total. The fraction of sp³-hybridized carbons (Fsp3) is 0.446. The molecule has 0 radical (unpaired) electrons. The van der Waals surface area contributed by atoms with E-state index in [0.29, 0.717) is 61.8 Å². The number of benzene rings is 4. The first kappa shape index (κ1) is 74.6. The molecule has 0 bridgehead atoms. The number of nitrogens with two attached hydrogens (primary N) is 7. The van der Waals surface area contributed by atoms with Gasteiger partial charge in [-0.15, -0.1) is 0 Å². The van der Waals surface area contributed by atoms with Gasteiger partial charge in [-0.25, -0.2) is 0 Å². The van der Waals surface area contributed by atoms with Crippen LogP contribution in [0.3, 0.4) is 0 Å². The van der Waals surface area contributed by atoms with E-state index in [1.54, 1.807) is 84.9 Å². The van der Waals surface area contributed by atoms with E-state index in [9.17, 15) is 38.4 Å². The van der Waals surface area contributed by atoms with Crippen molar-refractivity contribution in [2.45, 2.75) is 151 Å². The number of unbranched alkanes of at least 4 members (excludes halogenated alkanes) is 1. The molecule has 1 aliphatic rings. The summed E-state index contributed by atoms with van der Waals surface area (Å²) in [6.07, 6.45) is 3.09. The quantitative estimate of drug-likeness (QED) is 0.0112. The van der Waals surface area contributed by atoms with Crippen LogP contribution in [0.1, 0.15) is 92.9 Å². The van der Waals surface area contributed by atoms with Crippen molar-refractivity contribution in [1.29, 1.82) is 0 Å². The molecule has 1 heterocycles. The third-order valence-corrected chi connectivity index (χ3v) is 15.8. The smallest absolute Gasteiger partial charge is 0.338 e. The van der Waals surface area contributed by atoms with Crippen LogP contribution in [0.2, 0.25) is 0 Å². The molecule has 0 unspecified atom stereocenters. The Labute approximate surface area is 547 Å². The maximum Gasteiger partial charge on any atom is 0.338 e. The van der Waals surface area contributed by atoms with Crippen molar-refractivity contribution in [3.8, 4) is 0 Å². The fourth-order valence-corrected chi connectivity index (χ4v) is 10.8. The van der Waals surface area contributed by atoms with E-state index in [2.05, 4.69) is 63.7 Å². The molecule has 9 atom stereocenters. The summed E-state index contributed by atoms with van der Waals surface area (Å²) in [6.45, 7) is 1.41. The van der Waals surface area contributed by atoms with Gasteiger partial charge in [-0.05, 0) is 92.9 Å². The number of carbonyl (C=O) groups is 9. The molecular weight excluding hydrogens is 1200 g/mol. The summed E-state index contributed by atoms with van der Waals surface area (Å²) in [7, 11) is 0. The molecule has 508 valence electrons. The van der Waals surface area contributed by atoms with Crippen molar-refractivity contribution in [1.82, 2.24) is 42.1 Å². The summed E-state index contributed by atoms with van der Waals surface area (Å²) in [5, 5.41) is 19.8. The van der Waals surface area contributed by atoms with Crippen molar-refractivity contribution in [3.05, 3.63) is 144 Å². The Hall–Kier alpha value is -10.2. The number of amides is 9. The molecule has 1 aliphatic heterocycles. The van der Waals surface area contributed by atoms with Crippen molar-refractivity contribution in [3.63, 3.8) is 0 Å². The van der Waals surface area contributed by atoms with Crippen LogP contribution in [-0.4, -0.2) is 163 Å². The molecule has 0 aromatic heterocycles. The van der Waals surface area contributed by atoms with E-state index in [1.165, 1.54) is 4.90 Å². The SMILES string of the molecule is NC(=O)[C@H](CCC[NH+]=C(N)N)NC(=O)[C@H](CCC[NH+]=C(N)N)NC(=O)[C@H](Cc1ccccc1)NC(=O)[C@H](CCCC[NH3+])NC(=O)[C@H](Cc1ccccc1)NC(=O)[C@@H]1CCCN1C(=O)[C@H](Cc1ccccc1)NC(=O)[C@H](CCC[NH+]=C(N)N)NC(=O)[C@@H]([NH3+])Cc1ccccc1. The molecule has 94 heavy (non-hydrogen) atoms. The van der Waals surface area contributed by atoms with Gasteiger partial charge in [-0.1, -0.05) is 121 Å². The van der Waals surface area contributed by atoms with E-state index in [0.717, 1.165) is 5.56 Å². The average molecular weight is 1300 g/mol. The molecule has 29 heteroatoms. The lowest BCUT2D eigenvalue weighted by Gasteiger charge is -2.31. The van der Waals surface area contributed by atoms with E-state index in [-0.39, 0.29) is 102 Å². The first-order valence-electron chi connectivity index (χ1n) is 32.0. The summed E-state index contributed by atoms with van der Waals surface area (Å²) in [4.78, 5) is 139. The van der Waals surface area contributed by atoms with Gasteiger partial charge in [0.15, 0.2) is 6.04 Å². The maximum absolute atomic E-state index is 15.1. The number of hydrogen-bond acceptors (Lipinski definition) is 9. The zero-order chi connectivity index (χ0) is 68.4. The molecule has 29 nitrogen and oxygen atoms in total. The number of carbonyl (C=O) groups excluding carboxylic acids is 9. The normalized spacial score (nSPS) is 15.1. The van der Waals surface area contributed by atoms with Crippen LogP contribution in [0.15, 0.2) is 121 Å². The van der Waals surface area contributed by atoms with Crippen LogP contribution in [0.5, 0.6) is 0 Å². The van der Waals surface area contributed by atoms with Gasteiger partial charge in [-0.2, -0.15) is 0 Å². The molecule has 4 aromatic rings. The van der Waals surface area contributed by atoms with Gasteiger partial charge in [-0.3, -0.25) is 92.5 Å². The summed E-state index contributed by atoms with van der Waals surface area (Å²) in [5.74, 6) is -6.28. The van der Waals surface area contributed by atoms with Gasteiger partial charge in [0.05, 0.1) is 26.2 Å². The fourth-order valence-electron chi connectivity index (χ4n) is 10.8. The van der Waals surface area contributed by atoms with E-state index >= 15 is 4.79 Å². The number of nitrogens with one attached hydrogen (secondary N) is 10.